The van der Waals surface area contributed by atoms with Gasteiger partial charge in [-0.3, -0.25) is 4.79 Å². The van der Waals surface area contributed by atoms with Crippen molar-refractivity contribution < 1.29 is 23.8 Å². The number of rotatable bonds is 5. The summed E-state index contributed by atoms with van der Waals surface area (Å²) in [7, 11) is 1.61. The Morgan fingerprint density at radius 3 is 2.71 bits per heavy atom. The highest BCUT2D eigenvalue weighted by Crippen LogP contribution is 2.39. The molecule has 34 heavy (non-hydrogen) atoms. The number of piperidine rings is 1. The molecule has 0 bridgehead atoms. The second-order valence-electron chi connectivity index (χ2n) is 9.29. The highest BCUT2D eigenvalue weighted by atomic mass is 16.5. The van der Waals surface area contributed by atoms with Gasteiger partial charge in [-0.1, -0.05) is 25.0 Å². The van der Waals surface area contributed by atoms with Gasteiger partial charge in [0.15, 0.2) is 6.61 Å². The van der Waals surface area contributed by atoms with E-state index in [1.54, 1.807) is 24.1 Å². The standard InChI is InChI=1S/C27H29NO6/c1-32-20-7-5-18(6-8-20)23-15-26(30)34-24-14-21(9-10-22(23)24)33-17-25(29)28-13-12-27(31)11-3-2-4-19(27)16-28/h5-10,14-15,19,31H,2-4,11-13,16-17H2,1H3/t19-,27-/m1/s1. The summed E-state index contributed by atoms with van der Waals surface area (Å²) in [6, 6.07) is 14.2. The summed E-state index contributed by atoms with van der Waals surface area (Å²) in [5.41, 5.74) is 0.946. The molecular weight excluding hydrogens is 434 g/mol. The number of hydrogen-bond donors (Lipinski definition) is 1. The topological polar surface area (TPSA) is 89.2 Å². The molecule has 1 aromatic heterocycles. The number of fused-ring (bicyclic) bond motifs is 2. The lowest BCUT2D eigenvalue weighted by molar-refractivity contribution is -0.145. The maximum atomic E-state index is 12.8. The van der Waals surface area contributed by atoms with Crippen molar-refractivity contribution in [3.8, 4) is 22.6 Å². The SMILES string of the molecule is COc1ccc(-c2cc(=O)oc3cc(OCC(=O)N4CC[C@]5(O)CCCC[C@@H]5C4)ccc23)cc1. The van der Waals surface area contributed by atoms with Gasteiger partial charge in [0.05, 0.1) is 12.7 Å². The van der Waals surface area contributed by atoms with E-state index in [0.29, 0.717) is 30.8 Å². The van der Waals surface area contributed by atoms with Gasteiger partial charge in [0.25, 0.3) is 5.91 Å². The summed E-state index contributed by atoms with van der Waals surface area (Å²) in [5, 5.41) is 11.6. The molecule has 1 aliphatic carbocycles. The van der Waals surface area contributed by atoms with E-state index < -0.39 is 11.2 Å². The van der Waals surface area contributed by atoms with Gasteiger partial charge >= 0.3 is 5.63 Å². The predicted molar refractivity (Wildman–Crippen MR) is 128 cm³/mol. The number of likely N-dealkylation sites (tertiary alicyclic amines) is 1. The number of carbonyl (C=O) groups excluding carboxylic acids is 1. The maximum Gasteiger partial charge on any atom is 0.336 e. The van der Waals surface area contributed by atoms with Crippen LogP contribution in [0, 0.1) is 5.92 Å². The molecule has 1 saturated heterocycles. The minimum atomic E-state index is -0.618. The summed E-state index contributed by atoms with van der Waals surface area (Å²) in [6.45, 7) is 1.03. The van der Waals surface area contributed by atoms with Crippen LogP contribution in [0.15, 0.2) is 57.7 Å². The van der Waals surface area contributed by atoms with Crippen molar-refractivity contribution >= 4 is 16.9 Å². The van der Waals surface area contributed by atoms with E-state index >= 15 is 0 Å². The molecule has 0 unspecified atom stereocenters. The van der Waals surface area contributed by atoms with Gasteiger partial charge in [0.1, 0.15) is 17.1 Å². The average molecular weight is 464 g/mol. The van der Waals surface area contributed by atoms with Crippen molar-refractivity contribution in [1.29, 1.82) is 0 Å². The van der Waals surface area contributed by atoms with Gasteiger partial charge in [-0.15, -0.1) is 0 Å². The van der Waals surface area contributed by atoms with Gasteiger partial charge in [0, 0.05) is 36.5 Å². The third-order valence-electron chi connectivity index (χ3n) is 7.26. The largest absolute Gasteiger partial charge is 0.497 e. The van der Waals surface area contributed by atoms with Crippen molar-refractivity contribution in [2.75, 3.05) is 26.8 Å². The molecule has 0 radical (unpaired) electrons. The second-order valence-corrected chi connectivity index (χ2v) is 9.29. The van der Waals surface area contributed by atoms with Crippen molar-refractivity contribution in [2.24, 2.45) is 5.92 Å². The molecule has 0 spiro atoms. The van der Waals surface area contributed by atoms with E-state index in [0.717, 1.165) is 47.9 Å². The number of carbonyl (C=O) groups is 1. The molecule has 3 aromatic rings. The Morgan fingerprint density at radius 1 is 1.12 bits per heavy atom. The molecule has 5 rings (SSSR count). The van der Waals surface area contributed by atoms with E-state index in [-0.39, 0.29) is 18.4 Å². The number of amides is 1. The molecular formula is C27H29NO6. The van der Waals surface area contributed by atoms with Crippen LogP contribution in [0.25, 0.3) is 22.1 Å². The second kappa shape index (κ2) is 9.14. The third-order valence-corrected chi connectivity index (χ3v) is 7.26. The maximum absolute atomic E-state index is 12.8. The summed E-state index contributed by atoms with van der Waals surface area (Å²) in [6.07, 6.45) is 4.58. The Kier molecular flexibility index (Phi) is 6.04. The first-order valence-corrected chi connectivity index (χ1v) is 11.8. The molecule has 2 atom stereocenters. The van der Waals surface area contributed by atoms with Crippen LogP contribution in [-0.2, 0) is 4.79 Å². The minimum Gasteiger partial charge on any atom is -0.497 e. The number of hydrogen-bond acceptors (Lipinski definition) is 6. The summed E-state index contributed by atoms with van der Waals surface area (Å²) < 4.78 is 16.4. The monoisotopic (exact) mass is 463 g/mol. The van der Waals surface area contributed by atoms with Crippen LogP contribution in [0.1, 0.15) is 32.1 Å². The van der Waals surface area contributed by atoms with Crippen LogP contribution in [0.3, 0.4) is 0 Å². The molecule has 1 amide bonds. The van der Waals surface area contributed by atoms with Gasteiger partial charge in [-0.25, -0.2) is 4.79 Å². The lowest BCUT2D eigenvalue weighted by Gasteiger charge is -2.47. The van der Waals surface area contributed by atoms with Crippen molar-refractivity contribution in [3.63, 3.8) is 0 Å². The Bertz CT molecular complexity index is 1250. The van der Waals surface area contributed by atoms with Gasteiger partial charge in [0.2, 0.25) is 0 Å². The summed E-state index contributed by atoms with van der Waals surface area (Å²) in [5.74, 6) is 1.24. The van der Waals surface area contributed by atoms with Crippen LogP contribution in [0.2, 0.25) is 0 Å². The normalized spacial score (nSPS) is 22.3. The zero-order chi connectivity index (χ0) is 23.7. The molecule has 178 valence electrons. The van der Waals surface area contributed by atoms with Gasteiger partial charge in [-0.2, -0.15) is 0 Å². The van der Waals surface area contributed by atoms with Crippen LogP contribution in [0.5, 0.6) is 11.5 Å². The lowest BCUT2D eigenvalue weighted by atomic mass is 9.71. The summed E-state index contributed by atoms with van der Waals surface area (Å²) >= 11 is 0. The first-order valence-electron chi connectivity index (χ1n) is 11.8. The van der Waals surface area contributed by atoms with E-state index in [2.05, 4.69) is 0 Å². The van der Waals surface area contributed by atoms with E-state index in [4.69, 9.17) is 13.9 Å². The fraction of sp³-hybridized carbons (Fsp3) is 0.407. The van der Waals surface area contributed by atoms with Crippen molar-refractivity contribution in [3.05, 3.63) is 59.0 Å². The van der Waals surface area contributed by atoms with E-state index in [9.17, 15) is 14.7 Å². The number of ether oxygens (including phenoxy) is 2. The molecule has 2 aliphatic rings. The minimum absolute atomic E-state index is 0.0962. The Balaban J connectivity index is 1.30. The van der Waals surface area contributed by atoms with E-state index in [1.165, 1.54) is 6.07 Å². The van der Waals surface area contributed by atoms with Crippen LogP contribution in [0.4, 0.5) is 0 Å². The lowest BCUT2D eigenvalue weighted by Crippen LogP contribution is -2.55. The Labute approximate surface area is 197 Å². The molecule has 2 aromatic carbocycles. The van der Waals surface area contributed by atoms with Gasteiger partial charge in [-0.05, 0) is 54.7 Å². The summed E-state index contributed by atoms with van der Waals surface area (Å²) in [4.78, 5) is 26.8. The number of nitrogens with zero attached hydrogens (tertiary/aromatic N) is 1. The Hall–Kier alpha value is -3.32. The predicted octanol–water partition coefficient (Wildman–Crippen LogP) is 4.00. The molecule has 7 nitrogen and oxygen atoms in total. The molecule has 1 saturated carbocycles. The molecule has 7 heteroatoms. The van der Waals surface area contributed by atoms with E-state index in [1.807, 2.05) is 30.3 Å². The van der Waals surface area contributed by atoms with Crippen molar-refractivity contribution in [1.82, 2.24) is 4.90 Å². The average Bonchev–Trinajstić information content (AvgIpc) is 2.86. The number of benzene rings is 2. The number of aliphatic hydroxyl groups is 1. The fourth-order valence-corrected chi connectivity index (χ4v) is 5.28. The molecule has 1 N–H and O–H groups in total. The third kappa shape index (κ3) is 4.40. The van der Waals surface area contributed by atoms with Crippen LogP contribution in [-0.4, -0.2) is 48.3 Å². The van der Waals surface area contributed by atoms with Crippen molar-refractivity contribution in [2.45, 2.75) is 37.7 Å². The molecule has 1 aliphatic heterocycles. The zero-order valence-corrected chi connectivity index (χ0v) is 19.3. The van der Waals surface area contributed by atoms with Crippen LogP contribution < -0.4 is 15.1 Å². The quantitative estimate of drug-likeness (QED) is 0.576. The smallest absolute Gasteiger partial charge is 0.336 e. The van der Waals surface area contributed by atoms with Crippen LogP contribution >= 0.6 is 0 Å². The first-order chi connectivity index (χ1) is 16.4. The highest BCUT2D eigenvalue weighted by molar-refractivity contribution is 5.93. The Morgan fingerprint density at radius 2 is 1.91 bits per heavy atom. The van der Waals surface area contributed by atoms with Gasteiger partial charge < -0.3 is 23.9 Å². The fourth-order valence-electron chi connectivity index (χ4n) is 5.28. The number of methoxy groups -OCH3 is 1. The first kappa shape index (κ1) is 22.5. The molecule has 2 fully saturated rings. The molecule has 2 heterocycles. The highest BCUT2D eigenvalue weighted by Gasteiger charge is 2.43. The zero-order valence-electron chi connectivity index (χ0n) is 19.3.